The molecule has 1 unspecified atom stereocenters. The zero-order chi connectivity index (χ0) is 11.8. The number of aromatic nitrogens is 2. The van der Waals surface area contributed by atoms with Crippen molar-refractivity contribution >= 4 is 5.82 Å². The number of aryl methyl sites for hydroxylation is 1. The van der Waals surface area contributed by atoms with E-state index in [0.29, 0.717) is 18.2 Å². The molecule has 0 radical (unpaired) electrons. The van der Waals surface area contributed by atoms with Crippen molar-refractivity contribution in [2.24, 2.45) is 0 Å². The predicted molar refractivity (Wildman–Crippen MR) is 61.7 cm³/mol. The Morgan fingerprint density at radius 1 is 1.62 bits per heavy atom. The average molecular weight is 223 g/mol. The minimum Gasteiger partial charge on any atom is -0.388 e. The number of aromatic amines is 1. The van der Waals surface area contributed by atoms with Crippen LogP contribution in [0.3, 0.4) is 0 Å². The fourth-order valence-electron chi connectivity index (χ4n) is 2.14. The molecule has 2 N–H and O–H groups in total. The van der Waals surface area contributed by atoms with Crippen LogP contribution < -0.4 is 10.5 Å². The Labute approximate surface area is 94.1 Å². The fraction of sp³-hybridized carbons (Fsp3) is 0.636. The van der Waals surface area contributed by atoms with Crippen molar-refractivity contribution in [1.82, 2.24) is 9.97 Å². The molecule has 16 heavy (non-hydrogen) atoms. The van der Waals surface area contributed by atoms with Crippen LogP contribution in [0.1, 0.15) is 25.6 Å². The van der Waals surface area contributed by atoms with Crippen LogP contribution >= 0.6 is 0 Å². The first kappa shape index (κ1) is 11.1. The second kappa shape index (κ2) is 3.90. The highest BCUT2D eigenvalue weighted by atomic mass is 16.3. The van der Waals surface area contributed by atoms with Gasteiger partial charge in [-0.15, -0.1) is 0 Å². The van der Waals surface area contributed by atoms with Crippen LogP contribution in [-0.2, 0) is 0 Å². The van der Waals surface area contributed by atoms with E-state index in [4.69, 9.17) is 0 Å². The summed E-state index contributed by atoms with van der Waals surface area (Å²) in [6.07, 6.45) is 1.71. The molecule has 1 aliphatic rings. The Balaban J connectivity index is 2.27. The number of hydrogen-bond donors (Lipinski definition) is 2. The van der Waals surface area contributed by atoms with Gasteiger partial charge in [-0.25, -0.2) is 4.98 Å². The van der Waals surface area contributed by atoms with Gasteiger partial charge in [0.15, 0.2) is 0 Å². The van der Waals surface area contributed by atoms with Crippen molar-refractivity contribution < 1.29 is 5.11 Å². The van der Waals surface area contributed by atoms with E-state index in [2.05, 4.69) is 9.97 Å². The highest BCUT2D eigenvalue weighted by Gasteiger charge is 2.29. The van der Waals surface area contributed by atoms with Crippen molar-refractivity contribution in [3.05, 3.63) is 22.2 Å². The molecule has 5 nitrogen and oxygen atoms in total. The van der Waals surface area contributed by atoms with Crippen molar-refractivity contribution in [1.29, 1.82) is 0 Å². The smallest absolute Gasteiger partial charge is 0.252 e. The first-order valence-corrected chi connectivity index (χ1v) is 5.52. The zero-order valence-electron chi connectivity index (χ0n) is 9.66. The largest absolute Gasteiger partial charge is 0.388 e. The number of hydrogen-bond acceptors (Lipinski definition) is 4. The van der Waals surface area contributed by atoms with E-state index < -0.39 is 5.60 Å². The highest BCUT2D eigenvalue weighted by Crippen LogP contribution is 2.23. The summed E-state index contributed by atoms with van der Waals surface area (Å²) in [6, 6.07) is 1.48. The number of nitrogens with zero attached hydrogens (tertiary/aromatic N) is 2. The number of H-pyrrole nitrogens is 1. The maximum Gasteiger partial charge on any atom is 0.252 e. The summed E-state index contributed by atoms with van der Waals surface area (Å²) in [7, 11) is 0. The first-order chi connectivity index (χ1) is 7.46. The fourth-order valence-corrected chi connectivity index (χ4v) is 2.14. The summed E-state index contributed by atoms with van der Waals surface area (Å²) in [6.45, 7) is 4.95. The summed E-state index contributed by atoms with van der Waals surface area (Å²) in [5.41, 5.74) is -0.830. The van der Waals surface area contributed by atoms with E-state index in [0.717, 1.165) is 19.4 Å². The third kappa shape index (κ3) is 2.41. The van der Waals surface area contributed by atoms with Gasteiger partial charge in [0.05, 0.1) is 5.60 Å². The lowest BCUT2D eigenvalue weighted by Gasteiger charge is -2.37. The molecule has 1 atom stereocenters. The van der Waals surface area contributed by atoms with E-state index >= 15 is 0 Å². The number of piperidine rings is 1. The number of β-amino-alcohol motifs (C(OH)–C–C–N with tert-alkyl or cyclic N) is 1. The molecule has 88 valence electrons. The molecule has 0 saturated carbocycles. The molecule has 0 bridgehead atoms. The van der Waals surface area contributed by atoms with Crippen LogP contribution in [0.4, 0.5) is 5.82 Å². The van der Waals surface area contributed by atoms with Crippen LogP contribution in [0.15, 0.2) is 10.9 Å². The van der Waals surface area contributed by atoms with Gasteiger partial charge in [0, 0.05) is 19.2 Å². The predicted octanol–water partition coefficient (Wildman–Crippen LogP) is 0.430. The Morgan fingerprint density at radius 2 is 2.38 bits per heavy atom. The van der Waals surface area contributed by atoms with E-state index in [1.165, 1.54) is 6.07 Å². The van der Waals surface area contributed by atoms with Crippen LogP contribution in [0.25, 0.3) is 0 Å². The summed E-state index contributed by atoms with van der Waals surface area (Å²) in [5.74, 6) is 1.26. The Bertz CT molecular complexity index is 439. The number of nitrogens with one attached hydrogen (secondary N) is 1. The monoisotopic (exact) mass is 223 g/mol. The SMILES string of the molecule is Cc1nc(N2CCCC(C)(O)C2)cc(=O)[nH]1. The van der Waals surface area contributed by atoms with Gasteiger partial charge in [-0.3, -0.25) is 4.79 Å². The highest BCUT2D eigenvalue weighted by molar-refractivity contribution is 5.38. The Kier molecular flexibility index (Phi) is 2.71. The first-order valence-electron chi connectivity index (χ1n) is 5.52. The normalized spacial score (nSPS) is 25.8. The lowest BCUT2D eigenvalue weighted by atomic mass is 9.95. The van der Waals surface area contributed by atoms with Crippen LogP contribution in [0.2, 0.25) is 0 Å². The van der Waals surface area contributed by atoms with Crippen LogP contribution in [-0.4, -0.2) is 33.8 Å². The Hall–Kier alpha value is -1.36. The molecule has 5 heteroatoms. The van der Waals surface area contributed by atoms with Gasteiger partial charge in [0.1, 0.15) is 11.6 Å². The molecule has 0 aromatic carbocycles. The van der Waals surface area contributed by atoms with Gasteiger partial charge >= 0.3 is 0 Å². The van der Waals surface area contributed by atoms with Gasteiger partial charge in [-0.2, -0.15) is 0 Å². The molecule has 0 aliphatic carbocycles. The third-order valence-corrected chi connectivity index (χ3v) is 2.85. The standard InChI is InChI=1S/C11H17N3O2/c1-8-12-9(6-10(15)13-8)14-5-3-4-11(2,16)7-14/h6,16H,3-5,7H2,1-2H3,(H,12,13,15). The van der Waals surface area contributed by atoms with Crippen molar-refractivity contribution in [2.45, 2.75) is 32.3 Å². The molecular formula is C11H17N3O2. The molecule has 0 spiro atoms. The molecule has 0 amide bonds. The number of anilines is 1. The van der Waals surface area contributed by atoms with Gasteiger partial charge in [-0.05, 0) is 26.7 Å². The molecule has 1 aromatic heterocycles. The number of aliphatic hydroxyl groups is 1. The lowest BCUT2D eigenvalue weighted by Crippen LogP contribution is -2.46. The maximum atomic E-state index is 11.3. The summed E-state index contributed by atoms with van der Waals surface area (Å²) in [5, 5.41) is 9.99. The maximum absolute atomic E-state index is 11.3. The third-order valence-electron chi connectivity index (χ3n) is 2.85. The number of rotatable bonds is 1. The summed E-state index contributed by atoms with van der Waals surface area (Å²) in [4.78, 5) is 20.2. The minimum absolute atomic E-state index is 0.146. The van der Waals surface area contributed by atoms with E-state index in [-0.39, 0.29) is 5.56 Å². The topological polar surface area (TPSA) is 69.2 Å². The van der Waals surface area contributed by atoms with Gasteiger partial charge in [0.25, 0.3) is 5.56 Å². The van der Waals surface area contributed by atoms with Crippen molar-refractivity contribution in [3.8, 4) is 0 Å². The molecule has 2 heterocycles. The quantitative estimate of drug-likeness (QED) is 0.724. The van der Waals surface area contributed by atoms with Gasteiger partial charge in [0.2, 0.25) is 0 Å². The molecule has 1 saturated heterocycles. The van der Waals surface area contributed by atoms with E-state index in [1.807, 2.05) is 11.8 Å². The van der Waals surface area contributed by atoms with Crippen LogP contribution in [0.5, 0.6) is 0 Å². The molecule has 1 aromatic rings. The van der Waals surface area contributed by atoms with Crippen molar-refractivity contribution in [3.63, 3.8) is 0 Å². The summed E-state index contributed by atoms with van der Waals surface area (Å²) < 4.78 is 0. The second-order valence-electron chi connectivity index (χ2n) is 4.71. The summed E-state index contributed by atoms with van der Waals surface area (Å²) >= 11 is 0. The van der Waals surface area contributed by atoms with E-state index in [1.54, 1.807) is 6.92 Å². The van der Waals surface area contributed by atoms with Crippen LogP contribution in [0, 0.1) is 6.92 Å². The minimum atomic E-state index is -0.684. The average Bonchev–Trinajstić information content (AvgIpc) is 2.14. The second-order valence-corrected chi connectivity index (χ2v) is 4.71. The van der Waals surface area contributed by atoms with E-state index in [9.17, 15) is 9.90 Å². The lowest BCUT2D eigenvalue weighted by molar-refractivity contribution is 0.0447. The van der Waals surface area contributed by atoms with Crippen molar-refractivity contribution in [2.75, 3.05) is 18.0 Å². The Morgan fingerprint density at radius 3 is 3.00 bits per heavy atom. The molecule has 2 rings (SSSR count). The zero-order valence-corrected chi connectivity index (χ0v) is 9.66. The van der Waals surface area contributed by atoms with Gasteiger partial charge in [-0.1, -0.05) is 0 Å². The molecule has 1 fully saturated rings. The van der Waals surface area contributed by atoms with Gasteiger partial charge < -0.3 is 15.0 Å². The molecule has 1 aliphatic heterocycles. The molecular weight excluding hydrogens is 206 g/mol.